The molecule has 0 unspecified atom stereocenters. The Morgan fingerprint density at radius 2 is 1.50 bits per heavy atom. The van der Waals surface area contributed by atoms with Crippen molar-refractivity contribution in [1.29, 1.82) is 0 Å². The summed E-state index contributed by atoms with van der Waals surface area (Å²) in [6.07, 6.45) is 15.7. The molecule has 0 aromatic heterocycles. The molecule has 0 heterocycles. The summed E-state index contributed by atoms with van der Waals surface area (Å²) in [5.41, 5.74) is 1.38. The van der Waals surface area contributed by atoms with Crippen molar-refractivity contribution >= 4 is 5.78 Å². The number of carbonyl (C=O) groups is 1. The Balaban J connectivity index is 3.88. The second-order valence-corrected chi connectivity index (χ2v) is 5.40. The summed E-state index contributed by atoms with van der Waals surface area (Å²) in [5.74, 6) is 0.310. The Morgan fingerprint density at radius 3 is 2.06 bits per heavy atom. The van der Waals surface area contributed by atoms with Crippen molar-refractivity contribution in [3.63, 3.8) is 0 Å². The number of Topliss-reactive ketones (excluding diaryl/α,β-unsaturated/α-hetero) is 1. The molecule has 0 amide bonds. The highest BCUT2D eigenvalue weighted by atomic mass is 16.1. The van der Waals surface area contributed by atoms with Gasteiger partial charge in [-0.2, -0.15) is 0 Å². The van der Waals surface area contributed by atoms with Crippen LogP contribution in [0.15, 0.2) is 11.6 Å². The zero-order chi connectivity index (χ0) is 13.6. The van der Waals surface area contributed by atoms with Crippen LogP contribution in [-0.2, 0) is 4.79 Å². The van der Waals surface area contributed by atoms with E-state index in [0.29, 0.717) is 12.2 Å². The average Bonchev–Trinajstić information content (AvgIpc) is 2.33. The molecule has 0 aliphatic heterocycles. The summed E-state index contributed by atoms with van der Waals surface area (Å²) in [6, 6.07) is 0. The Kier molecular flexibility index (Phi) is 12.4. The SMILES string of the molecule is CCCCCC/C=C(\CCCCCC)CC(C)=O. The van der Waals surface area contributed by atoms with E-state index in [-0.39, 0.29) is 0 Å². The molecule has 0 bridgehead atoms. The van der Waals surface area contributed by atoms with Crippen molar-refractivity contribution in [3.05, 3.63) is 11.6 Å². The van der Waals surface area contributed by atoms with Crippen molar-refractivity contribution in [2.24, 2.45) is 0 Å². The van der Waals surface area contributed by atoms with Gasteiger partial charge in [-0.1, -0.05) is 64.0 Å². The highest BCUT2D eigenvalue weighted by Crippen LogP contribution is 2.16. The lowest BCUT2D eigenvalue weighted by Crippen LogP contribution is -1.95. The molecule has 18 heavy (non-hydrogen) atoms. The Bertz CT molecular complexity index is 228. The van der Waals surface area contributed by atoms with E-state index < -0.39 is 0 Å². The molecule has 0 N–H and O–H groups in total. The van der Waals surface area contributed by atoms with Crippen molar-refractivity contribution in [3.8, 4) is 0 Å². The summed E-state index contributed by atoms with van der Waals surface area (Å²) in [7, 11) is 0. The van der Waals surface area contributed by atoms with Crippen LogP contribution in [-0.4, -0.2) is 5.78 Å². The summed E-state index contributed by atoms with van der Waals surface area (Å²) in [4.78, 5) is 11.2. The largest absolute Gasteiger partial charge is 0.300 e. The number of hydrogen-bond donors (Lipinski definition) is 0. The predicted molar refractivity (Wildman–Crippen MR) is 80.9 cm³/mol. The van der Waals surface area contributed by atoms with E-state index in [2.05, 4.69) is 19.9 Å². The minimum atomic E-state index is 0.310. The summed E-state index contributed by atoms with van der Waals surface area (Å²) in [6.45, 7) is 6.18. The molecule has 0 spiro atoms. The third-order valence-corrected chi connectivity index (χ3v) is 3.32. The number of ketones is 1. The van der Waals surface area contributed by atoms with E-state index in [0.717, 1.165) is 12.8 Å². The van der Waals surface area contributed by atoms with E-state index in [1.165, 1.54) is 56.9 Å². The van der Waals surface area contributed by atoms with E-state index in [1.807, 2.05) is 0 Å². The first-order valence-electron chi connectivity index (χ1n) is 7.88. The zero-order valence-electron chi connectivity index (χ0n) is 12.8. The number of rotatable bonds is 12. The van der Waals surface area contributed by atoms with E-state index in [9.17, 15) is 4.79 Å². The maximum Gasteiger partial charge on any atom is 0.133 e. The van der Waals surface area contributed by atoms with Crippen molar-refractivity contribution in [1.82, 2.24) is 0 Å². The number of unbranched alkanes of at least 4 members (excludes halogenated alkanes) is 7. The topological polar surface area (TPSA) is 17.1 Å². The fraction of sp³-hybridized carbons (Fsp3) is 0.824. The lowest BCUT2D eigenvalue weighted by Gasteiger charge is -2.06. The van der Waals surface area contributed by atoms with Gasteiger partial charge in [-0.05, 0) is 32.6 Å². The quantitative estimate of drug-likeness (QED) is 0.315. The van der Waals surface area contributed by atoms with Gasteiger partial charge in [0.05, 0.1) is 0 Å². The number of carbonyl (C=O) groups excluding carboxylic acids is 1. The minimum Gasteiger partial charge on any atom is -0.300 e. The average molecular weight is 252 g/mol. The second kappa shape index (κ2) is 12.9. The van der Waals surface area contributed by atoms with Gasteiger partial charge in [0, 0.05) is 6.42 Å². The Hall–Kier alpha value is -0.590. The molecule has 0 saturated heterocycles. The molecule has 0 rings (SSSR count). The van der Waals surface area contributed by atoms with Crippen molar-refractivity contribution in [2.45, 2.75) is 91.4 Å². The number of allylic oxidation sites excluding steroid dienone is 2. The summed E-state index contributed by atoms with van der Waals surface area (Å²) >= 11 is 0. The first-order chi connectivity index (χ1) is 8.70. The third-order valence-electron chi connectivity index (χ3n) is 3.32. The highest BCUT2D eigenvalue weighted by Gasteiger charge is 2.01. The van der Waals surface area contributed by atoms with Gasteiger partial charge in [0.1, 0.15) is 5.78 Å². The Labute approximate surface area is 114 Å². The summed E-state index contributed by atoms with van der Waals surface area (Å²) < 4.78 is 0. The van der Waals surface area contributed by atoms with Crippen molar-refractivity contribution in [2.75, 3.05) is 0 Å². The molecule has 106 valence electrons. The first kappa shape index (κ1) is 17.4. The van der Waals surface area contributed by atoms with Gasteiger partial charge in [-0.3, -0.25) is 4.79 Å². The fourth-order valence-electron chi connectivity index (χ4n) is 2.24. The lowest BCUT2D eigenvalue weighted by atomic mass is 10.00. The van der Waals surface area contributed by atoms with Crippen LogP contribution in [0.5, 0.6) is 0 Å². The standard InChI is InChI=1S/C17H32O/c1-4-6-8-10-12-14-17(15-16(3)18)13-11-9-7-5-2/h14H,4-13,15H2,1-3H3/b17-14+. The molecule has 1 nitrogen and oxygen atoms in total. The van der Waals surface area contributed by atoms with Gasteiger partial charge >= 0.3 is 0 Å². The normalized spacial score (nSPS) is 11.8. The molecular formula is C17H32O. The van der Waals surface area contributed by atoms with Crippen LogP contribution in [0.4, 0.5) is 0 Å². The monoisotopic (exact) mass is 252 g/mol. The highest BCUT2D eigenvalue weighted by molar-refractivity contribution is 5.78. The minimum absolute atomic E-state index is 0.310. The fourth-order valence-corrected chi connectivity index (χ4v) is 2.24. The third kappa shape index (κ3) is 11.9. The molecule has 0 radical (unpaired) electrons. The van der Waals surface area contributed by atoms with Gasteiger partial charge in [0.25, 0.3) is 0 Å². The van der Waals surface area contributed by atoms with Crippen LogP contribution >= 0.6 is 0 Å². The molecule has 0 atom stereocenters. The molecule has 0 aliphatic carbocycles. The van der Waals surface area contributed by atoms with Crippen molar-refractivity contribution < 1.29 is 4.79 Å². The molecule has 0 aliphatic rings. The van der Waals surface area contributed by atoms with Gasteiger partial charge in [-0.15, -0.1) is 0 Å². The first-order valence-corrected chi connectivity index (χ1v) is 7.88. The van der Waals surface area contributed by atoms with Crippen LogP contribution in [0.1, 0.15) is 91.4 Å². The molecule has 0 fully saturated rings. The van der Waals surface area contributed by atoms with Gasteiger partial charge in [0.15, 0.2) is 0 Å². The molecule has 0 saturated carbocycles. The lowest BCUT2D eigenvalue weighted by molar-refractivity contribution is -0.116. The van der Waals surface area contributed by atoms with E-state index >= 15 is 0 Å². The van der Waals surface area contributed by atoms with E-state index in [1.54, 1.807) is 6.92 Å². The maximum absolute atomic E-state index is 11.2. The number of hydrogen-bond acceptors (Lipinski definition) is 1. The van der Waals surface area contributed by atoms with Gasteiger partial charge < -0.3 is 0 Å². The Morgan fingerprint density at radius 1 is 0.889 bits per heavy atom. The molecule has 1 heteroatoms. The van der Waals surface area contributed by atoms with Crippen LogP contribution in [0.3, 0.4) is 0 Å². The maximum atomic E-state index is 11.2. The zero-order valence-corrected chi connectivity index (χ0v) is 12.8. The van der Waals surface area contributed by atoms with Crippen LogP contribution in [0, 0.1) is 0 Å². The van der Waals surface area contributed by atoms with Crippen LogP contribution in [0.2, 0.25) is 0 Å². The predicted octanol–water partition coefficient (Wildman–Crippen LogP) is 5.83. The summed E-state index contributed by atoms with van der Waals surface area (Å²) in [5, 5.41) is 0. The van der Waals surface area contributed by atoms with Crippen LogP contribution in [0.25, 0.3) is 0 Å². The van der Waals surface area contributed by atoms with Gasteiger partial charge in [0.2, 0.25) is 0 Å². The second-order valence-electron chi connectivity index (χ2n) is 5.40. The van der Waals surface area contributed by atoms with E-state index in [4.69, 9.17) is 0 Å². The molecular weight excluding hydrogens is 220 g/mol. The molecule has 0 aromatic rings. The smallest absolute Gasteiger partial charge is 0.133 e. The van der Waals surface area contributed by atoms with Gasteiger partial charge in [-0.25, -0.2) is 0 Å². The van der Waals surface area contributed by atoms with Crippen LogP contribution < -0.4 is 0 Å². The molecule has 0 aromatic carbocycles.